The zero-order valence-electron chi connectivity index (χ0n) is 35.7. The molecule has 0 atom stereocenters. The number of benzene rings is 6. The van der Waals surface area contributed by atoms with Crippen molar-refractivity contribution in [3.8, 4) is 33.4 Å². The first-order valence-electron chi connectivity index (χ1n) is 23.2. The quantitative estimate of drug-likeness (QED) is 0.163. The Labute approximate surface area is 352 Å². The Balaban J connectivity index is 0.939. The van der Waals surface area contributed by atoms with E-state index in [0.29, 0.717) is 11.3 Å². The lowest BCUT2D eigenvalue weighted by Crippen LogP contribution is -2.48. The molecule has 0 N–H and O–H groups in total. The second-order valence-corrected chi connectivity index (χ2v) is 21.0. The van der Waals surface area contributed by atoms with E-state index in [2.05, 4.69) is 160 Å². The van der Waals surface area contributed by atoms with E-state index in [0.717, 1.165) is 17.8 Å². The van der Waals surface area contributed by atoms with E-state index in [1.54, 1.807) is 5.56 Å². The fourth-order valence-electron chi connectivity index (χ4n) is 14.3. The molecule has 1 heteroatoms. The maximum absolute atomic E-state index is 2.55. The molecular formula is C58H59N. The van der Waals surface area contributed by atoms with Crippen molar-refractivity contribution in [2.45, 2.75) is 120 Å². The van der Waals surface area contributed by atoms with Crippen LogP contribution in [0.1, 0.15) is 138 Å². The van der Waals surface area contributed by atoms with Crippen molar-refractivity contribution in [1.82, 2.24) is 0 Å². The molecule has 0 saturated heterocycles. The van der Waals surface area contributed by atoms with Gasteiger partial charge >= 0.3 is 0 Å². The number of fused-ring (bicyclic) bond motifs is 6. The first kappa shape index (κ1) is 36.0. The zero-order chi connectivity index (χ0) is 39.7. The number of hydrogen-bond donors (Lipinski definition) is 0. The normalized spacial score (nSPS) is 25.3. The van der Waals surface area contributed by atoms with Gasteiger partial charge in [-0.3, -0.25) is 0 Å². The number of hydrogen-bond acceptors (Lipinski definition) is 1. The largest absolute Gasteiger partial charge is 0.310 e. The summed E-state index contributed by atoms with van der Waals surface area (Å²) >= 11 is 0. The molecule has 0 aliphatic heterocycles. The van der Waals surface area contributed by atoms with Gasteiger partial charge in [0.2, 0.25) is 0 Å². The van der Waals surface area contributed by atoms with Gasteiger partial charge in [-0.05, 0) is 190 Å². The van der Waals surface area contributed by atoms with Crippen LogP contribution < -0.4 is 4.90 Å². The minimum Gasteiger partial charge on any atom is -0.310 e. The van der Waals surface area contributed by atoms with E-state index in [1.807, 2.05) is 0 Å². The third-order valence-corrected chi connectivity index (χ3v) is 16.8. The second-order valence-electron chi connectivity index (χ2n) is 21.0. The molecule has 0 heterocycles. The highest BCUT2D eigenvalue weighted by molar-refractivity contribution is 5.95. The van der Waals surface area contributed by atoms with Crippen LogP contribution in [0.3, 0.4) is 0 Å². The smallest absolute Gasteiger partial charge is 0.0465 e. The minimum absolute atomic E-state index is 0.0130. The molecule has 4 bridgehead atoms. The topological polar surface area (TPSA) is 3.24 Å². The highest BCUT2D eigenvalue weighted by Crippen LogP contribution is 2.61. The maximum atomic E-state index is 2.55. The highest BCUT2D eigenvalue weighted by atomic mass is 15.1. The lowest BCUT2D eigenvalue weighted by Gasteiger charge is -2.57. The van der Waals surface area contributed by atoms with Crippen molar-refractivity contribution < 1.29 is 0 Å². The van der Waals surface area contributed by atoms with Crippen LogP contribution in [0.2, 0.25) is 0 Å². The average Bonchev–Trinajstić information content (AvgIpc) is 3.63. The molecule has 0 radical (unpaired) electrons. The summed E-state index contributed by atoms with van der Waals surface area (Å²) in [6.45, 7) is 9.63. The first-order chi connectivity index (χ1) is 28.7. The molecule has 6 aromatic rings. The van der Waals surface area contributed by atoms with Gasteiger partial charge in [-0.15, -0.1) is 0 Å². The van der Waals surface area contributed by atoms with Crippen LogP contribution in [0.25, 0.3) is 33.4 Å². The third-order valence-electron chi connectivity index (χ3n) is 16.8. The molecule has 5 fully saturated rings. The predicted octanol–water partition coefficient (Wildman–Crippen LogP) is 16.0. The van der Waals surface area contributed by atoms with E-state index in [-0.39, 0.29) is 10.8 Å². The van der Waals surface area contributed by atoms with Gasteiger partial charge in [0.1, 0.15) is 0 Å². The highest BCUT2D eigenvalue weighted by Gasteiger charge is 2.51. The summed E-state index contributed by atoms with van der Waals surface area (Å²) < 4.78 is 0. The SMILES string of the molecule is CC1(C)c2ccc(-c3cccc4c3-c3ccccc3C4(C)C)cc2-c2ccc(N(c3ccc(C4CCCCC4)cc3)c3ccc(C45CC6CC(CC(C6)C4)C5)cc3)cc21. The predicted molar refractivity (Wildman–Crippen MR) is 247 cm³/mol. The van der Waals surface area contributed by atoms with Crippen molar-refractivity contribution in [3.63, 3.8) is 0 Å². The second kappa shape index (κ2) is 13.1. The summed E-state index contributed by atoms with van der Waals surface area (Å²) in [5, 5.41) is 0. The van der Waals surface area contributed by atoms with Crippen LogP contribution >= 0.6 is 0 Å². The molecule has 6 aromatic carbocycles. The Morgan fingerprint density at radius 1 is 0.458 bits per heavy atom. The summed E-state index contributed by atoms with van der Waals surface area (Å²) in [7, 11) is 0. The summed E-state index contributed by atoms with van der Waals surface area (Å²) in [5.41, 5.74) is 21.0. The van der Waals surface area contributed by atoms with Gasteiger partial charge in [-0.25, -0.2) is 0 Å². The summed E-state index contributed by atoms with van der Waals surface area (Å²) in [4.78, 5) is 2.55. The summed E-state index contributed by atoms with van der Waals surface area (Å²) in [6, 6.07) is 50.4. The molecule has 7 aliphatic rings. The molecule has 0 aromatic heterocycles. The van der Waals surface area contributed by atoms with Crippen molar-refractivity contribution >= 4 is 17.1 Å². The summed E-state index contributed by atoms with van der Waals surface area (Å²) in [6.07, 6.45) is 15.5. The molecule has 13 rings (SSSR count). The Kier molecular flexibility index (Phi) is 7.97. The molecule has 5 saturated carbocycles. The van der Waals surface area contributed by atoms with Gasteiger partial charge in [0, 0.05) is 27.9 Å². The van der Waals surface area contributed by atoms with E-state index in [1.165, 1.54) is 149 Å². The molecule has 0 spiro atoms. The number of rotatable bonds is 6. The van der Waals surface area contributed by atoms with E-state index in [9.17, 15) is 0 Å². The van der Waals surface area contributed by atoms with Crippen LogP contribution in [-0.2, 0) is 16.2 Å². The molecule has 59 heavy (non-hydrogen) atoms. The molecule has 1 nitrogen and oxygen atoms in total. The Hall–Kier alpha value is -4.88. The van der Waals surface area contributed by atoms with Crippen LogP contribution in [0.4, 0.5) is 17.1 Å². The van der Waals surface area contributed by atoms with Crippen LogP contribution in [-0.4, -0.2) is 0 Å². The van der Waals surface area contributed by atoms with Gasteiger partial charge in [0.15, 0.2) is 0 Å². The zero-order valence-corrected chi connectivity index (χ0v) is 35.7. The first-order valence-corrected chi connectivity index (χ1v) is 23.2. The Bertz CT molecular complexity index is 2580. The van der Waals surface area contributed by atoms with Gasteiger partial charge in [-0.1, -0.05) is 132 Å². The van der Waals surface area contributed by atoms with Crippen molar-refractivity contribution in [3.05, 3.63) is 161 Å². The molecule has 7 aliphatic carbocycles. The van der Waals surface area contributed by atoms with E-state index in [4.69, 9.17) is 0 Å². The van der Waals surface area contributed by atoms with Gasteiger partial charge in [0.25, 0.3) is 0 Å². The van der Waals surface area contributed by atoms with Gasteiger partial charge in [0.05, 0.1) is 0 Å². The van der Waals surface area contributed by atoms with Gasteiger partial charge in [-0.2, -0.15) is 0 Å². The monoisotopic (exact) mass is 769 g/mol. The third kappa shape index (κ3) is 5.48. The van der Waals surface area contributed by atoms with Crippen molar-refractivity contribution in [1.29, 1.82) is 0 Å². The van der Waals surface area contributed by atoms with E-state index >= 15 is 0 Å². The Morgan fingerprint density at radius 2 is 1.05 bits per heavy atom. The maximum Gasteiger partial charge on any atom is 0.0465 e. The molecular weight excluding hydrogens is 711 g/mol. The standard InChI is InChI=1S/C58H59N/c1-56(2)51-15-9-8-13-49(51)55-47(14-10-16-53(55)56)42-19-28-52-50(32-42)48-27-26-46(33-54(48)57(52,3)4)59(44-22-17-41(18-23-44)40-11-6-5-7-12-40)45-24-20-43(21-25-45)58-34-37-29-38(35-58)31-39(30-37)36-58/h8-10,13-28,32-33,37-40H,5-7,11-12,29-31,34-36H2,1-4H3. The fourth-order valence-corrected chi connectivity index (χ4v) is 14.3. The lowest BCUT2D eigenvalue weighted by atomic mass is 9.48. The van der Waals surface area contributed by atoms with Gasteiger partial charge < -0.3 is 4.90 Å². The minimum atomic E-state index is -0.120. The van der Waals surface area contributed by atoms with Crippen LogP contribution in [0.15, 0.2) is 127 Å². The van der Waals surface area contributed by atoms with E-state index < -0.39 is 0 Å². The van der Waals surface area contributed by atoms with Crippen LogP contribution in [0, 0.1) is 17.8 Å². The average molecular weight is 770 g/mol. The van der Waals surface area contributed by atoms with Crippen molar-refractivity contribution in [2.24, 2.45) is 17.8 Å². The van der Waals surface area contributed by atoms with Crippen molar-refractivity contribution in [2.75, 3.05) is 4.90 Å². The Morgan fingerprint density at radius 3 is 1.76 bits per heavy atom. The fraction of sp³-hybridized carbons (Fsp3) is 0.379. The molecule has 296 valence electrons. The lowest BCUT2D eigenvalue weighted by molar-refractivity contribution is -0.00518. The number of nitrogens with zero attached hydrogens (tertiary/aromatic N) is 1. The summed E-state index contributed by atoms with van der Waals surface area (Å²) in [5.74, 6) is 3.56. The molecule has 0 amide bonds. The molecule has 0 unspecified atom stereocenters. The number of anilines is 3. The van der Waals surface area contributed by atoms with Crippen LogP contribution in [0.5, 0.6) is 0 Å².